The van der Waals surface area contributed by atoms with Crippen LogP contribution in [0.4, 0.5) is 4.39 Å². The number of aromatic amines is 1. The average molecular weight is 420 g/mol. The van der Waals surface area contributed by atoms with Gasteiger partial charge in [0.1, 0.15) is 11.6 Å². The number of nitrogens with zero attached hydrogens (tertiary/aromatic N) is 2. The molecule has 0 aliphatic carbocycles. The molecule has 0 spiro atoms. The van der Waals surface area contributed by atoms with Gasteiger partial charge in [-0.05, 0) is 49.0 Å². The molecule has 3 heterocycles. The van der Waals surface area contributed by atoms with Gasteiger partial charge in [0.05, 0.1) is 6.26 Å². The smallest absolute Gasteiger partial charge is 0.253 e. The Morgan fingerprint density at radius 3 is 2.42 bits per heavy atom. The molecule has 0 saturated carbocycles. The Labute approximate surface area is 181 Å². The summed E-state index contributed by atoms with van der Waals surface area (Å²) in [5, 5.41) is 1.02. The molecule has 5 nitrogen and oxygen atoms in total. The van der Waals surface area contributed by atoms with Crippen molar-refractivity contribution < 1.29 is 13.6 Å². The second-order valence-corrected chi connectivity index (χ2v) is 7.46. The van der Waals surface area contributed by atoms with E-state index in [1.807, 2.05) is 41.4 Å². The first-order valence-corrected chi connectivity index (χ1v) is 10.5. The van der Waals surface area contributed by atoms with Gasteiger partial charge in [-0.15, -0.1) is 0 Å². The largest absolute Gasteiger partial charge is 0.464 e. The van der Waals surface area contributed by atoms with Crippen LogP contribution in [0.2, 0.25) is 0 Å². The number of rotatable bonds is 3. The lowest BCUT2D eigenvalue weighted by Crippen LogP contribution is -2.48. The van der Waals surface area contributed by atoms with Gasteiger partial charge in [0.2, 0.25) is 0 Å². The number of benzene rings is 2. The summed E-state index contributed by atoms with van der Waals surface area (Å²) in [6, 6.07) is 17.6. The highest BCUT2D eigenvalue weighted by Gasteiger charge is 2.22. The van der Waals surface area contributed by atoms with Crippen molar-refractivity contribution in [2.24, 2.45) is 0 Å². The first kappa shape index (κ1) is 20.9. The van der Waals surface area contributed by atoms with Crippen molar-refractivity contribution >= 4 is 16.8 Å². The lowest BCUT2D eigenvalue weighted by Gasteiger charge is -2.34. The summed E-state index contributed by atoms with van der Waals surface area (Å²) in [5.74, 6) is 0.740. The molecule has 0 radical (unpaired) electrons. The third-order valence-corrected chi connectivity index (χ3v) is 5.56. The molecule has 4 aromatic rings. The number of carbonyl (C=O) groups is 1. The van der Waals surface area contributed by atoms with Crippen LogP contribution in [0.3, 0.4) is 0 Å². The van der Waals surface area contributed by atoms with Gasteiger partial charge in [-0.2, -0.15) is 0 Å². The third kappa shape index (κ3) is 4.86. The van der Waals surface area contributed by atoms with Gasteiger partial charge in [-0.1, -0.05) is 25.1 Å². The van der Waals surface area contributed by atoms with Crippen molar-refractivity contribution in [3.8, 4) is 11.3 Å². The maximum absolute atomic E-state index is 12.8. The van der Waals surface area contributed by atoms with Crippen LogP contribution in [-0.2, 0) is 0 Å². The van der Waals surface area contributed by atoms with E-state index >= 15 is 0 Å². The molecule has 160 valence electrons. The summed E-state index contributed by atoms with van der Waals surface area (Å²) in [6.07, 6.45) is 3.59. The molecule has 1 N–H and O–H groups in total. The summed E-state index contributed by atoms with van der Waals surface area (Å²) in [4.78, 5) is 20.4. The maximum atomic E-state index is 12.8. The van der Waals surface area contributed by atoms with E-state index in [0.717, 1.165) is 60.5 Å². The normalized spacial score (nSPS) is 14.3. The molecule has 1 saturated heterocycles. The SMILES string of the molecule is CCN1CCN(C(=O)c2ccc3[nH]cc(-c4ccco4)c3c2)CC1.Fc1ccccc1. The minimum absolute atomic E-state index is 0.110. The fraction of sp³-hybridized carbons (Fsp3) is 0.240. The van der Waals surface area contributed by atoms with Crippen LogP contribution in [-0.4, -0.2) is 53.4 Å². The second kappa shape index (κ2) is 9.62. The molecule has 31 heavy (non-hydrogen) atoms. The highest BCUT2D eigenvalue weighted by Crippen LogP contribution is 2.30. The quantitative estimate of drug-likeness (QED) is 0.507. The number of hydrogen-bond acceptors (Lipinski definition) is 3. The van der Waals surface area contributed by atoms with Crippen LogP contribution in [0.25, 0.3) is 22.2 Å². The van der Waals surface area contributed by atoms with E-state index in [9.17, 15) is 9.18 Å². The molecule has 1 fully saturated rings. The number of halogens is 1. The minimum Gasteiger partial charge on any atom is -0.464 e. The highest BCUT2D eigenvalue weighted by molar-refractivity contribution is 6.02. The number of carbonyl (C=O) groups excluding carboxylic acids is 1. The standard InChI is InChI=1S/C19H21N3O2.C6H5F/c1-2-21-7-9-22(10-8-21)19(23)14-5-6-17-15(12-14)16(13-20-17)18-4-3-11-24-18;7-6-4-2-1-3-5-6/h3-6,11-13,20H,2,7-10H2,1H3;1-5H. The van der Waals surface area contributed by atoms with Gasteiger partial charge in [-0.3, -0.25) is 4.79 Å². The zero-order valence-corrected chi connectivity index (χ0v) is 17.6. The van der Waals surface area contributed by atoms with E-state index in [1.54, 1.807) is 24.5 Å². The Bertz CT molecular complexity index is 1110. The van der Waals surface area contributed by atoms with Gasteiger partial charge in [-0.25, -0.2) is 4.39 Å². The van der Waals surface area contributed by atoms with Gasteiger partial charge in [0.25, 0.3) is 5.91 Å². The Hall–Kier alpha value is -3.38. The number of H-pyrrole nitrogens is 1. The van der Waals surface area contributed by atoms with Crippen molar-refractivity contribution in [1.82, 2.24) is 14.8 Å². The number of piperazine rings is 1. The molecule has 5 rings (SSSR count). The van der Waals surface area contributed by atoms with E-state index in [4.69, 9.17) is 4.42 Å². The van der Waals surface area contributed by atoms with Crippen LogP contribution in [0, 0.1) is 5.82 Å². The van der Waals surface area contributed by atoms with Crippen LogP contribution < -0.4 is 0 Å². The number of aromatic nitrogens is 1. The number of nitrogens with one attached hydrogen (secondary N) is 1. The fourth-order valence-electron chi connectivity index (χ4n) is 3.75. The minimum atomic E-state index is -0.178. The summed E-state index contributed by atoms with van der Waals surface area (Å²) < 4.78 is 17.4. The molecule has 0 bridgehead atoms. The molecule has 1 amide bonds. The number of likely N-dealkylation sites (N-methyl/N-ethyl adjacent to an activating group) is 1. The summed E-state index contributed by atoms with van der Waals surface area (Å²) in [6.45, 7) is 6.70. The van der Waals surface area contributed by atoms with Gasteiger partial charge >= 0.3 is 0 Å². The van der Waals surface area contributed by atoms with Crippen molar-refractivity contribution in [2.45, 2.75) is 6.92 Å². The monoisotopic (exact) mass is 419 g/mol. The molecule has 1 aliphatic rings. The Kier molecular flexibility index (Phi) is 6.48. The van der Waals surface area contributed by atoms with E-state index < -0.39 is 0 Å². The fourth-order valence-corrected chi connectivity index (χ4v) is 3.75. The topological polar surface area (TPSA) is 52.5 Å². The van der Waals surface area contributed by atoms with Crippen LogP contribution in [0.15, 0.2) is 77.5 Å². The molecule has 2 aromatic carbocycles. The number of amides is 1. The Morgan fingerprint density at radius 1 is 1.03 bits per heavy atom. The predicted octanol–water partition coefficient (Wildman–Crippen LogP) is 5.03. The zero-order chi connectivity index (χ0) is 21.6. The summed E-state index contributed by atoms with van der Waals surface area (Å²) in [5.41, 5.74) is 2.73. The van der Waals surface area contributed by atoms with E-state index in [0.29, 0.717) is 0 Å². The van der Waals surface area contributed by atoms with Gasteiger partial charge < -0.3 is 19.2 Å². The van der Waals surface area contributed by atoms with Gasteiger partial charge in [0.15, 0.2) is 0 Å². The number of hydrogen-bond donors (Lipinski definition) is 1. The molecule has 6 heteroatoms. The highest BCUT2D eigenvalue weighted by atomic mass is 19.1. The molecule has 0 unspecified atom stereocenters. The zero-order valence-electron chi connectivity index (χ0n) is 17.6. The first-order valence-electron chi connectivity index (χ1n) is 10.5. The molecular formula is C25H26FN3O2. The molecule has 2 aromatic heterocycles. The Balaban J connectivity index is 0.000000282. The van der Waals surface area contributed by atoms with Crippen LogP contribution in [0.5, 0.6) is 0 Å². The van der Waals surface area contributed by atoms with Crippen LogP contribution >= 0.6 is 0 Å². The average Bonchev–Trinajstić information content (AvgIpc) is 3.49. The van der Waals surface area contributed by atoms with E-state index in [-0.39, 0.29) is 11.7 Å². The summed E-state index contributed by atoms with van der Waals surface area (Å²) >= 11 is 0. The van der Waals surface area contributed by atoms with E-state index in [1.165, 1.54) is 12.1 Å². The third-order valence-electron chi connectivity index (χ3n) is 5.56. The number of furan rings is 1. The van der Waals surface area contributed by atoms with Crippen molar-refractivity contribution in [3.63, 3.8) is 0 Å². The van der Waals surface area contributed by atoms with Crippen molar-refractivity contribution in [2.75, 3.05) is 32.7 Å². The van der Waals surface area contributed by atoms with Gasteiger partial charge in [0, 0.05) is 54.4 Å². The molecule has 1 aliphatic heterocycles. The van der Waals surface area contributed by atoms with Crippen molar-refractivity contribution in [1.29, 1.82) is 0 Å². The number of fused-ring (bicyclic) bond motifs is 1. The Morgan fingerprint density at radius 2 is 1.81 bits per heavy atom. The molecule has 0 atom stereocenters. The van der Waals surface area contributed by atoms with E-state index in [2.05, 4.69) is 16.8 Å². The summed E-state index contributed by atoms with van der Waals surface area (Å²) in [7, 11) is 0. The lowest BCUT2D eigenvalue weighted by atomic mass is 10.1. The lowest BCUT2D eigenvalue weighted by molar-refractivity contribution is 0.0643. The second-order valence-electron chi connectivity index (χ2n) is 7.46. The first-order chi connectivity index (χ1) is 15.2. The van der Waals surface area contributed by atoms with Crippen LogP contribution in [0.1, 0.15) is 17.3 Å². The molecular weight excluding hydrogens is 393 g/mol. The van der Waals surface area contributed by atoms with Crippen molar-refractivity contribution in [3.05, 3.63) is 84.5 Å². The maximum Gasteiger partial charge on any atom is 0.253 e. The predicted molar refractivity (Wildman–Crippen MR) is 120 cm³/mol.